The normalized spacial score (nSPS) is 12.2. The highest BCUT2D eigenvalue weighted by molar-refractivity contribution is 5.76. The van der Waals surface area contributed by atoms with Crippen molar-refractivity contribution in [2.24, 2.45) is 5.73 Å². The van der Waals surface area contributed by atoms with Gasteiger partial charge in [-0.1, -0.05) is 29.8 Å². The molecule has 1 rings (SSSR count). The molecule has 0 aliphatic heterocycles. The molecule has 1 aromatic carbocycles. The number of amides is 1. The summed E-state index contributed by atoms with van der Waals surface area (Å²) in [5, 5.41) is 2.88. The number of nitrogens with two attached hydrogens (primary N) is 1. The lowest BCUT2D eigenvalue weighted by molar-refractivity contribution is -0.121. The lowest BCUT2D eigenvalue weighted by Crippen LogP contribution is -2.32. The van der Waals surface area contributed by atoms with Crippen LogP contribution in [-0.4, -0.2) is 32.2 Å². The molecule has 3 N–H and O–H groups in total. The first-order valence-corrected chi connectivity index (χ1v) is 6.68. The number of carbonyl (C=O) groups excluding carboxylic acids is 1. The third-order valence-electron chi connectivity index (χ3n) is 2.98. The van der Waals surface area contributed by atoms with Crippen molar-refractivity contribution in [3.63, 3.8) is 0 Å². The molecule has 1 atom stereocenters. The van der Waals surface area contributed by atoms with Gasteiger partial charge in [0.25, 0.3) is 0 Å². The number of rotatable bonds is 8. The van der Waals surface area contributed by atoms with Gasteiger partial charge in [-0.05, 0) is 25.3 Å². The van der Waals surface area contributed by atoms with Gasteiger partial charge in [-0.3, -0.25) is 4.79 Å². The summed E-state index contributed by atoms with van der Waals surface area (Å²) in [5.41, 5.74) is 8.20. The number of hydrogen-bond acceptors (Lipinski definition) is 3. The summed E-state index contributed by atoms with van der Waals surface area (Å²) in [6.45, 7) is 3.19. The first kappa shape index (κ1) is 15.7. The molecular weight excluding hydrogens is 240 g/mol. The van der Waals surface area contributed by atoms with Crippen LogP contribution in [0.4, 0.5) is 0 Å². The summed E-state index contributed by atoms with van der Waals surface area (Å²) in [7, 11) is 1.63. The maximum absolute atomic E-state index is 11.6. The average Bonchev–Trinajstić information content (AvgIpc) is 2.38. The van der Waals surface area contributed by atoms with Crippen molar-refractivity contribution >= 4 is 5.91 Å². The van der Waals surface area contributed by atoms with E-state index in [2.05, 4.69) is 36.5 Å². The smallest absolute Gasteiger partial charge is 0.220 e. The predicted molar refractivity (Wildman–Crippen MR) is 77.0 cm³/mol. The maximum atomic E-state index is 11.6. The van der Waals surface area contributed by atoms with Crippen LogP contribution in [0.15, 0.2) is 24.3 Å². The zero-order valence-corrected chi connectivity index (χ0v) is 11.8. The molecule has 4 nitrogen and oxygen atoms in total. The van der Waals surface area contributed by atoms with E-state index in [0.717, 1.165) is 12.8 Å². The van der Waals surface area contributed by atoms with Crippen LogP contribution in [0.3, 0.4) is 0 Å². The zero-order valence-electron chi connectivity index (χ0n) is 11.8. The van der Waals surface area contributed by atoms with Crippen LogP contribution in [0.5, 0.6) is 0 Å². The molecule has 1 unspecified atom stereocenters. The summed E-state index contributed by atoms with van der Waals surface area (Å²) in [5.74, 6) is 0.0743. The third kappa shape index (κ3) is 6.94. The summed E-state index contributed by atoms with van der Waals surface area (Å²) < 4.78 is 4.94. The van der Waals surface area contributed by atoms with Crippen LogP contribution in [0.25, 0.3) is 0 Å². The van der Waals surface area contributed by atoms with Gasteiger partial charge in [-0.15, -0.1) is 0 Å². The number of nitrogens with one attached hydrogen (secondary N) is 1. The number of hydrogen-bond donors (Lipinski definition) is 2. The number of aryl methyl sites for hydroxylation is 2. The average molecular weight is 264 g/mol. The van der Waals surface area contributed by atoms with Gasteiger partial charge in [0, 0.05) is 26.1 Å². The van der Waals surface area contributed by atoms with Crippen molar-refractivity contribution in [1.82, 2.24) is 5.32 Å². The van der Waals surface area contributed by atoms with Gasteiger partial charge in [0.2, 0.25) is 5.91 Å². The topological polar surface area (TPSA) is 64.3 Å². The Labute approximate surface area is 115 Å². The number of ether oxygens (including phenoxy) is 1. The highest BCUT2D eigenvalue weighted by Crippen LogP contribution is 2.05. The minimum Gasteiger partial charge on any atom is -0.383 e. The molecule has 19 heavy (non-hydrogen) atoms. The fourth-order valence-corrected chi connectivity index (χ4v) is 1.80. The van der Waals surface area contributed by atoms with E-state index in [1.54, 1.807) is 7.11 Å². The Kier molecular flexibility index (Phi) is 7.15. The minimum absolute atomic E-state index is 0.0117. The molecule has 0 aromatic heterocycles. The molecular formula is C15H24N2O2. The summed E-state index contributed by atoms with van der Waals surface area (Å²) in [4.78, 5) is 11.6. The van der Waals surface area contributed by atoms with Crippen LogP contribution in [0.1, 0.15) is 24.0 Å². The van der Waals surface area contributed by atoms with Crippen molar-refractivity contribution in [3.8, 4) is 0 Å². The van der Waals surface area contributed by atoms with E-state index in [-0.39, 0.29) is 11.9 Å². The third-order valence-corrected chi connectivity index (χ3v) is 2.98. The van der Waals surface area contributed by atoms with Gasteiger partial charge in [-0.25, -0.2) is 0 Å². The number of methoxy groups -OCH3 is 1. The van der Waals surface area contributed by atoms with E-state index in [1.165, 1.54) is 11.1 Å². The van der Waals surface area contributed by atoms with Crippen LogP contribution >= 0.6 is 0 Å². The molecule has 1 amide bonds. The van der Waals surface area contributed by atoms with Gasteiger partial charge in [-0.2, -0.15) is 0 Å². The Balaban J connectivity index is 2.16. The van der Waals surface area contributed by atoms with E-state index in [0.29, 0.717) is 19.6 Å². The lowest BCUT2D eigenvalue weighted by atomic mass is 10.1. The maximum Gasteiger partial charge on any atom is 0.220 e. The van der Waals surface area contributed by atoms with Crippen molar-refractivity contribution < 1.29 is 9.53 Å². The molecule has 0 bridgehead atoms. The largest absolute Gasteiger partial charge is 0.383 e. The Morgan fingerprint density at radius 2 is 2.05 bits per heavy atom. The highest BCUT2D eigenvalue weighted by atomic mass is 16.5. The monoisotopic (exact) mass is 264 g/mol. The Bertz CT molecular complexity index is 376. The molecule has 0 aliphatic carbocycles. The van der Waals surface area contributed by atoms with Crippen LogP contribution in [-0.2, 0) is 16.0 Å². The van der Waals surface area contributed by atoms with Crippen molar-refractivity contribution in [1.29, 1.82) is 0 Å². The Morgan fingerprint density at radius 3 is 2.68 bits per heavy atom. The molecule has 1 aromatic rings. The van der Waals surface area contributed by atoms with E-state index in [4.69, 9.17) is 10.5 Å². The van der Waals surface area contributed by atoms with Crippen LogP contribution < -0.4 is 11.1 Å². The minimum atomic E-state index is -0.0117. The molecule has 0 saturated carbocycles. The van der Waals surface area contributed by atoms with E-state index in [1.807, 2.05) is 0 Å². The SMILES string of the molecule is COCC(N)CCNC(=O)CCc1ccc(C)cc1. The van der Waals surface area contributed by atoms with Crippen molar-refractivity contribution in [2.75, 3.05) is 20.3 Å². The highest BCUT2D eigenvalue weighted by Gasteiger charge is 2.04. The van der Waals surface area contributed by atoms with Gasteiger partial charge in [0.15, 0.2) is 0 Å². The second-order valence-corrected chi connectivity index (χ2v) is 4.84. The standard InChI is InChI=1S/C15H24N2O2/c1-12-3-5-13(6-4-12)7-8-15(18)17-10-9-14(16)11-19-2/h3-6,14H,7-11,16H2,1-2H3,(H,17,18). The van der Waals surface area contributed by atoms with Crippen molar-refractivity contribution in [2.45, 2.75) is 32.2 Å². The van der Waals surface area contributed by atoms with Gasteiger partial charge in [0.05, 0.1) is 6.61 Å². The second kappa shape index (κ2) is 8.67. The van der Waals surface area contributed by atoms with Crippen molar-refractivity contribution in [3.05, 3.63) is 35.4 Å². The Hall–Kier alpha value is -1.39. The molecule has 0 aliphatic rings. The van der Waals surface area contributed by atoms with Gasteiger partial charge < -0.3 is 15.8 Å². The lowest BCUT2D eigenvalue weighted by Gasteiger charge is -2.11. The molecule has 0 spiro atoms. The Morgan fingerprint density at radius 1 is 1.37 bits per heavy atom. The summed E-state index contributed by atoms with van der Waals surface area (Å²) >= 11 is 0. The number of benzene rings is 1. The molecule has 106 valence electrons. The summed E-state index contributed by atoms with van der Waals surface area (Å²) in [6, 6.07) is 8.25. The molecule has 0 fully saturated rings. The first-order chi connectivity index (χ1) is 9.11. The number of carbonyl (C=O) groups is 1. The van der Waals surface area contributed by atoms with E-state index >= 15 is 0 Å². The molecule has 4 heteroatoms. The van der Waals surface area contributed by atoms with Crippen LogP contribution in [0, 0.1) is 6.92 Å². The quantitative estimate of drug-likeness (QED) is 0.746. The fourth-order valence-electron chi connectivity index (χ4n) is 1.80. The summed E-state index contributed by atoms with van der Waals surface area (Å²) in [6.07, 6.45) is 2.03. The predicted octanol–water partition coefficient (Wildman–Crippen LogP) is 1.41. The van der Waals surface area contributed by atoms with E-state index in [9.17, 15) is 4.79 Å². The molecule has 0 heterocycles. The molecule has 0 radical (unpaired) electrons. The fraction of sp³-hybridized carbons (Fsp3) is 0.533. The van der Waals surface area contributed by atoms with E-state index < -0.39 is 0 Å². The van der Waals surface area contributed by atoms with Gasteiger partial charge >= 0.3 is 0 Å². The molecule has 0 saturated heterocycles. The second-order valence-electron chi connectivity index (χ2n) is 4.84. The zero-order chi connectivity index (χ0) is 14.1. The van der Waals surface area contributed by atoms with Crippen LogP contribution in [0.2, 0.25) is 0 Å². The first-order valence-electron chi connectivity index (χ1n) is 6.68. The van der Waals surface area contributed by atoms with Gasteiger partial charge in [0.1, 0.15) is 0 Å².